The molecule has 7 nitrogen and oxygen atoms in total. The van der Waals surface area contributed by atoms with Gasteiger partial charge < -0.3 is 20.3 Å². The van der Waals surface area contributed by atoms with Crippen LogP contribution in [0.15, 0.2) is 42.6 Å². The van der Waals surface area contributed by atoms with Crippen molar-refractivity contribution in [1.29, 1.82) is 0 Å². The van der Waals surface area contributed by atoms with E-state index in [9.17, 15) is 4.79 Å². The van der Waals surface area contributed by atoms with E-state index in [2.05, 4.69) is 20.5 Å². The van der Waals surface area contributed by atoms with E-state index in [1.54, 1.807) is 13.3 Å². The van der Waals surface area contributed by atoms with Crippen molar-refractivity contribution in [3.05, 3.63) is 48.2 Å². The summed E-state index contributed by atoms with van der Waals surface area (Å²) in [4.78, 5) is 22.1. The fourth-order valence-electron chi connectivity index (χ4n) is 3.99. The van der Waals surface area contributed by atoms with Gasteiger partial charge in [-0.25, -0.2) is 4.98 Å². The lowest BCUT2D eigenvalue weighted by atomic mass is 10.2. The first kappa shape index (κ1) is 18.7. The number of nitrogens with one attached hydrogen (secondary N) is 2. The van der Waals surface area contributed by atoms with Crippen molar-refractivity contribution in [1.82, 2.24) is 20.1 Å². The standard InChI is InChI=1S/C21H27N5O2/c1-28-19-7-3-2-6-18(19)24-20-17(5-4-9-23-20)21(27)26-12-8-16(15-26)25-13-10-22-11-14-25/h2-7,9,16,22H,8,10-15H2,1H3,(H,23,24). The maximum absolute atomic E-state index is 13.2. The van der Waals surface area contributed by atoms with E-state index in [1.165, 1.54) is 0 Å². The summed E-state index contributed by atoms with van der Waals surface area (Å²) in [5.74, 6) is 1.30. The number of carbonyl (C=O) groups excluding carboxylic acids is 1. The van der Waals surface area contributed by atoms with E-state index in [0.717, 1.165) is 51.4 Å². The van der Waals surface area contributed by atoms with Crippen molar-refractivity contribution in [3.8, 4) is 5.75 Å². The number of para-hydroxylation sites is 2. The summed E-state index contributed by atoms with van der Waals surface area (Å²) in [6.07, 6.45) is 2.73. The SMILES string of the molecule is COc1ccccc1Nc1ncccc1C(=O)N1CCC(N2CCNCC2)C1. The van der Waals surface area contributed by atoms with Gasteiger partial charge in [0.05, 0.1) is 18.4 Å². The number of anilines is 2. The van der Waals surface area contributed by atoms with Crippen LogP contribution in [0, 0.1) is 0 Å². The van der Waals surface area contributed by atoms with E-state index in [1.807, 2.05) is 41.3 Å². The predicted octanol–water partition coefficient (Wildman–Crippen LogP) is 1.95. The molecule has 2 aliphatic rings. The van der Waals surface area contributed by atoms with E-state index in [-0.39, 0.29) is 5.91 Å². The summed E-state index contributed by atoms with van der Waals surface area (Å²) in [5, 5.41) is 6.66. The van der Waals surface area contributed by atoms with Crippen LogP contribution in [-0.4, -0.2) is 73.1 Å². The minimum Gasteiger partial charge on any atom is -0.495 e. The third-order valence-electron chi connectivity index (χ3n) is 5.52. The normalized spacial score (nSPS) is 20.2. The number of benzene rings is 1. The molecule has 0 aliphatic carbocycles. The number of nitrogens with zero attached hydrogens (tertiary/aromatic N) is 3. The van der Waals surface area contributed by atoms with Crippen molar-refractivity contribution in [3.63, 3.8) is 0 Å². The van der Waals surface area contributed by atoms with Crippen LogP contribution < -0.4 is 15.4 Å². The van der Waals surface area contributed by atoms with Gasteiger partial charge in [0.1, 0.15) is 11.6 Å². The molecule has 1 atom stereocenters. The zero-order valence-electron chi connectivity index (χ0n) is 16.2. The molecule has 4 rings (SSSR count). The first-order chi connectivity index (χ1) is 13.8. The molecule has 2 aliphatic heterocycles. The van der Waals surface area contributed by atoms with Gasteiger partial charge >= 0.3 is 0 Å². The van der Waals surface area contributed by atoms with Crippen LogP contribution in [0.3, 0.4) is 0 Å². The molecule has 2 aromatic rings. The van der Waals surface area contributed by atoms with Crippen LogP contribution in [-0.2, 0) is 0 Å². The highest BCUT2D eigenvalue weighted by molar-refractivity contribution is 5.99. The molecule has 2 fully saturated rings. The Morgan fingerprint density at radius 1 is 1.18 bits per heavy atom. The maximum atomic E-state index is 13.2. The molecular formula is C21H27N5O2. The number of hydrogen-bond donors (Lipinski definition) is 2. The average Bonchev–Trinajstić information content (AvgIpc) is 3.25. The molecule has 0 bridgehead atoms. The van der Waals surface area contributed by atoms with E-state index < -0.39 is 0 Å². The van der Waals surface area contributed by atoms with Crippen LogP contribution in [0.4, 0.5) is 11.5 Å². The van der Waals surface area contributed by atoms with E-state index in [4.69, 9.17) is 4.74 Å². The number of methoxy groups -OCH3 is 1. The Bertz CT molecular complexity index is 822. The Hall–Kier alpha value is -2.64. The first-order valence-corrected chi connectivity index (χ1v) is 9.85. The second-order valence-corrected chi connectivity index (χ2v) is 7.20. The Balaban J connectivity index is 1.49. The molecule has 28 heavy (non-hydrogen) atoms. The molecule has 1 aromatic heterocycles. The highest BCUT2D eigenvalue weighted by Crippen LogP contribution is 2.28. The van der Waals surface area contributed by atoms with Gasteiger partial charge in [-0.05, 0) is 30.7 Å². The molecule has 2 saturated heterocycles. The zero-order valence-corrected chi connectivity index (χ0v) is 16.2. The van der Waals surface area contributed by atoms with E-state index >= 15 is 0 Å². The molecule has 2 N–H and O–H groups in total. The number of likely N-dealkylation sites (tertiary alicyclic amines) is 1. The second-order valence-electron chi connectivity index (χ2n) is 7.20. The van der Waals surface area contributed by atoms with Gasteiger partial charge in [0, 0.05) is 51.5 Å². The Morgan fingerprint density at radius 3 is 2.82 bits per heavy atom. The van der Waals surface area contributed by atoms with Gasteiger partial charge in [0.25, 0.3) is 5.91 Å². The fraction of sp³-hybridized carbons (Fsp3) is 0.429. The van der Waals surface area contributed by atoms with Gasteiger partial charge in [0.15, 0.2) is 0 Å². The van der Waals surface area contributed by atoms with Crippen molar-refractivity contribution >= 4 is 17.4 Å². The molecule has 1 amide bonds. The van der Waals surface area contributed by atoms with Crippen LogP contribution in [0.5, 0.6) is 5.75 Å². The Labute approximate surface area is 165 Å². The molecule has 148 valence electrons. The lowest BCUT2D eigenvalue weighted by molar-refractivity contribution is 0.0774. The fourth-order valence-corrected chi connectivity index (χ4v) is 3.99. The molecule has 0 saturated carbocycles. The van der Waals surface area contributed by atoms with Gasteiger partial charge in [0.2, 0.25) is 0 Å². The van der Waals surface area contributed by atoms with Gasteiger partial charge in [-0.1, -0.05) is 12.1 Å². The summed E-state index contributed by atoms with van der Waals surface area (Å²) in [6.45, 7) is 5.73. The van der Waals surface area contributed by atoms with Crippen molar-refractivity contribution < 1.29 is 9.53 Å². The Morgan fingerprint density at radius 2 is 2.00 bits per heavy atom. The summed E-state index contributed by atoms with van der Waals surface area (Å²) in [6, 6.07) is 11.7. The monoisotopic (exact) mass is 381 g/mol. The van der Waals surface area contributed by atoms with Crippen LogP contribution in [0.1, 0.15) is 16.8 Å². The predicted molar refractivity (Wildman–Crippen MR) is 109 cm³/mol. The van der Waals surface area contributed by atoms with Crippen molar-refractivity contribution in [2.75, 3.05) is 51.7 Å². The molecular weight excluding hydrogens is 354 g/mol. The largest absolute Gasteiger partial charge is 0.495 e. The number of amides is 1. The smallest absolute Gasteiger partial charge is 0.257 e. The van der Waals surface area contributed by atoms with Crippen molar-refractivity contribution in [2.45, 2.75) is 12.5 Å². The molecule has 0 spiro atoms. The number of pyridine rings is 1. The summed E-state index contributed by atoms with van der Waals surface area (Å²) >= 11 is 0. The van der Waals surface area contributed by atoms with Crippen LogP contribution >= 0.6 is 0 Å². The number of aromatic nitrogens is 1. The molecule has 0 radical (unpaired) electrons. The van der Waals surface area contributed by atoms with Gasteiger partial charge in [-0.15, -0.1) is 0 Å². The lowest BCUT2D eigenvalue weighted by Gasteiger charge is -2.32. The first-order valence-electron chi connectivity index (χ1n) is 9.85. The second kappa shape index (κ2) is 8.58. The topological polar surface area (TPSA) is 69.7 Å². The minimum absolute atomic E-state index is 0.0307. The molecule has 1 aromatic carbocycles. The van der Waals surface area contributed by atoms with Crippen LogP contribution in [0.2, 0.25) is 0 Å². The average molecular weight is 381 g/mol. The summed E-state index contributed by atoms with van der Waals surface area (Å²) in [5.41, 5.74) is 1.38. The van der Waals surface area contributed by atoms with Crippen LogP contribution in [0.25, 0.3) is 0 Å². The molecule has 3 heterocycles. The summed E-state index contributed by atoms with van der Waals surface area (Å²) in [7, 11) is 1.63. The maximum Gasteiger partial charge on any atom is 0.257 e. The zero-order chi connectivity index (χ0) is 19.3. The number of ether oxygens (including phenoxy) is 1. The number of carbonyl (C=O) groups is 1. The number of piperazine rings is 1. The third kappa shape index (κ3) is 3.95. The number of rotatable bonds is 5. The highest BCUT2D eigenvalue weighted by atomic mass is 16.5. The van der Waals surface area contributed by atoms with Gasteiger partial charge in [-0.2, -0.15) is 0 Å². The lowest BCUT2D eigenvalue weighted by Crippen LogP contribution is -2.49. The molecule has 7 heteroatoms. The van der Waals surface area contributed by atoms with Crippen molar-refractivity contribution in [2.24, 2.45) is 0 Å². The quantitative estimate of drug-likeness (QED) is 0.825. The van der Waals surface area contributed by atoms with E-state index in [0.29, 0.717) is 23.2 Å². The Kier molecular flexibility index (Phi) is 5.73. The highest BCUT2D eigenvalue weighted by Gasteiger charge is 2.32. The minimum atomic E-state index is 0.0307. The molecule has 1 unspecified atom stereocenters. The summed E-state index contributed by atoms with van der Waals surface area (Å²) < 4.78 is 5.40. The van der Waals surface area contributed by atoms with Gasteiger partial charge in [-0.3, -0.25) is 9.69 Å². The third-order valence-corrected chi connectivity index (χ3v) is 5.52. The number of hydrogen-bond acceptors (Lipinski definition) is 6.